The standard InChI is InChI=1S/C13H12FNO4S2/c1-8-11(20-7-15-8)4-5-21(18,19)12-3-2-9(13(16)17)6-10(12)14/h2-3,6-7H,4-5H2,1H3,(H,16,17). The van der Waals surface area contributed by atoms with Crippen molar-refractivity contribution in [3.63, 3.8) is 0 Å². The van der Waals surface area contributed by atoms with E-state index in [1.54, 1.807) is 12.4 Å². The van der Waals surface area contributed by atoms with Gasteiger partial charge in [0.1, 0.15) is 10.7 Å². The Morgan fingerprint density at radius 3 is 2.67 bits per heavy atom. The number of carboxylic acids is 1. The Morgan fingerprint density at radius 2 is 2.14 bits per heavy atom. The monoisotopic (exact) mass is 329 g/mol. The van der Waals surface area contributed by atoms with Crippen molar-refractivity contribution < 1.29 is 22.7 Å². The molecule has 0 saturated heterocycles. The number of benzene rings is 1. The maximum absolute atomic E-state index is 13.8. The number of carbonyl (C=O) groups is 1. The number of carboxylic acid groups (broad SMARTS) is 1. The molecule has 0 unspecified atom stereocenters. The molecule has 0 fully saturated rings. The second-order valence-electron chi connectivity index (χ2n) is 4.38. The van der Waals surface area contributed by atoms with Crippen LogP contribution in [0.4, 0.5) is 4.39 Å². The zero-order chi connectivity index (χ0) is 15.6. The number of aromatic carboxylic acids is 1. The summed E-state index contributed by atoms with van der Waals surface area (Å²) in [7, 11) is -3.82. The molecule has 2 aromatic rings. The van der Waals surface area contributed by atoms with Crippen LogP contribution in [0.1, 0.15) is 20.9 Å². The lowest BCUT2D eigenvalue weighted by Gasteiger charge is -2.06. The van der Waals surface area contributed by atoms with Crippen LogP contribution in [0.5, 0.6) is 0 Å². The predicted molar refractivity (Wildman–Crippen MR) is 76.0 cm³/mol. The molecule has 0 aliphatic heterocycles. The molecule has 5 nitrogen and oxygen atoms in total. The van der Waals surface area contributed by atoms with Crippen LogP contribution in [0.25, 0.3) is 0 Å². The quantitative estimate of drug-likeness (QED) is 0.910. The van der Waals surface area contributed by atoms with Crippen molar-refractivity contribution in [2.24, 2.45) is 0 Å². The van der Waals surface area contributed by atoms with Gasteiger partial charge in [-0.25, -0.2) is 22.6 Å². The van der Waals surface area contributed by atoms with Gasteiger partial charge in [0.05, 0.1) is 22.5 Å². The summed E-state index contributed by atoms with van der Waals surface area (Å²) in [5, 5.41) is 8.74. The maximum atomic E-state index is 13.8. The number of halogens is 1. The third-order valence-corrected chi connectivity index (χ3v) is 5.69. The Kier molecular flexibility index (Phi) is 4.38. The second kappa shape index (κ2) is 5.90. The highest BCUT2D eigenvalue weighted by Crippen LogP contribution is 2.20. The number of nitrogens with zero attached hydrogens (tertiary/aromatic N) is 1. The van der Waals surface area contributed by atoms with Crippen LogP contribution in [-0.2, 0) is 16.3 Å². The fourth-order valence-corrected chi connectivity index (χ4v) is 4.02. The molecule has 112 valence electrons. The molecule has 0 atom stereocenters. The topological polar surface area (TPSA) is 84.3 Å². The number of hydrogen-bond donors (Lipinski definition) is 1. The zero-order valence-corrected chi connectivity index (χ0v) is 12.7. The third kappa shape index (κ3) is 3.45. The molecule has 0 aliphatic rings. The largest absolute Gasteiger partial charge is 0.478 e. The van der Waals surface area contributed by atoms with Crippen molar-refractivity contribution in [1.82, 2.24) is 4.98 Å². The summed E-state index contributed by atoms with van der Waals surface area (Å²) < 4.78 is 38.1. The number of aromatic nitrogens is 1. The van der Waals surface area contributed by atoms with Crippen LogP contribution in [0.15, 0.2) is 28.6 Å². The van der Waals surface area contributed by atoms with Crippen LogP contribution in [0.2, 0.25) is 0 Å². The van der Waals surface area contributed by atoms with Crippen molar-refractivity contribution in [3.05, 3.63) is 45.7 Å². The normalized spacial score (nSPS) is 11.5. The maximum Gasteiger partial charge on any atom is 0.335 e. The van der Waals surface area contributed by atoms with E-state index in [1.807, 2.05) is 0 Å². The average Bonchev–Trinajstić information content (AvgIpc) is 2.81. The van der Waals surface area contributed by atoms with Gasteiger partial charge in [-0.2, -0.15) is 0 Å². The van der Waals surface area contributed by atoms with E-state index >= 15 is 0 Å². The number of aryl methyl sites for hydroxylation is 2. The highest BCUT2D eigenvalue weighted by Gasteiger charge is 2.21. The van der Waals surface area contributed by atoms with Gasteiger partial charge < -0.3 is 5.11 Å². The molecule has 21 heavy (non-hydrogen) atoms. The molecule has 1 aromatic heterocycles. The first-order chi connectivity index (χ1) is 9.81. The van der Waals surface area contributed by atoms with Crippen LogP contribution >= 0.6 is 11.3 Å². The number of sulfone groups is 1. The summed E-state index contributed by atoms with van der Waals surface area (Å²) in [5.74, 6) is -2.60. The summed E-state index contributed by atoms with van der Waals surface area (Å²) in [4.78, 5) is 15.1. The van der Waals surface area contributed by atoms with Crippen molar-refractivity contribution >= 4 is 27.1 Å². The first-order valence-corrected chi connectivity index (χ1v) is 8.49. The Bertz CT molecular complexity index is 783. The van der Waals surface area contributed by atoms with E-state index in [-0.39, 0.29) is 17.7 Å². The smallest absolute Gasteiger partial charge is 0.335 e. The predicted octanol–water partition coefficient (Wildman–Crippen LogP) is 2.31. The summed E-state index contributed by atoms with van der Waals surface area (Å²) in [6, 6.07) is 2.79. The summed E-state index contributed by atoms with van der Waals surface area (Å²) >= 11 is 1.35. The van der Waals surface area contributed by atoms with Gasteiger partial charge in [0.25, 0.3) is 0 Å². The third-order valence-electron chi connectivity index (χ3n) is 2.96. The molecule has 0 aliphatic carbocycles. The first kappa shape index (κ1) is 15.6. The molecule has 0 amide bonds. The minimum atomic E-state index is -3.82. The lowest BCUT2D eigenvalue weighted by molar-refractivity contribution is 0.0696. The summed E-state index contributed by atoms with van der Waals surface area (Å²) in [5.41, 5.74) is 2.10. The minimum Gasteiger partial charge on any atom is -0.478 e. The van der Waals surface area contributed by atoms with Gasteiger partial charge in [0.2, 0.25) is 0 Å². The van der Waals surface area contributed by atoms with E-state index in [2.05, 4.69) is 4.98 Å². The van der Waals surface area contributed by atoms with E-state index in [4.69, 9.17) is 5.11 Å². The van der Waals surface area contributed by atoms with E-state index in [9.17, 15) is 17.6 Å². The molecule has 0 bridgehead atoms. The van der Waals surface area contributed by atoms with Crippen molar-refractivity contribution in [1.29, 1.82) is 0 Å². The highest BCUT2D eigenvalue weighted by atomic mass is 32.2. The van der Waals surface area contributed by atoms with Crippen LogP contribution in [0.3, 0.4) is 0 Å². The van der Waals surface area contributed by atoms with Crippen molar-refractivity contribution in [3.8, 4) is 0 Å². The molecule has 2 rings (SSSR count). The Balaban J connectivity index is 2.23. The van der Waals surface area contributed by atoms with Gasteiger partial charge in [-0.15, -0.1) is 11.3 Å². The first-order valence-electron chi connectivity index (χ1n) is 5.96. The summed E-state index contributed by atoms with van der Waals surface area (Å²) in [6.45, 7) is 1.78. The average molecular weight is 329 g/mol. The minimum absolute atomic E-state index is 0.249. The summed E-state index contributed by atoms with van der Waals surface area (Å²) in [6.07, 6.45) is 0.249. The van der Waals surface area contributed by atoms with E-state index < -0.39 is 26.5 Å². The Labute approximate surface area is 125 Å². The van der Waals surface area contributed by atoms with E-state index in [1.165, 1.54) is 11.3 Å². The molecular formula is C13H12FNO4S2. The van der Waals surface area contributed by atoms with Gasteiger partial charge in [0.15, 0.2) is 9.84 Å². The molecule has 1 heterocycles. The van der Waals surface area contributed by atoms with Gasteiger partial charge in [-0.3, -0.25) is 0 Å². The Morgan fingerprint density at radius 1 is 1.43 bits per heavy atom. The molecule has 0 spiro atoms. The highest BCUT2D eigenvalue weighted by molar-refractivity contribution is 7.91. The Hall–Kier alpha value is -1.80. The zero-order valence-electron chi connectivity index (χ0n) is 11.0. The fraction of sp³-hybridized carbons (Fsp3) is 0.231. The SMILES string of the molecule is Cc1ncsc1CCS(=O)(=O)c1ccc(C(=O)O)cc1F. The van der Waals surface area contributed by atoms with Crippen LogP contribution in [0, 0.1) is 12.7 Å². The second-order valence-corrected chi connectivity index (χ2v) is 7.40. The van der Waals surface area contributed by atoms with Crippen molar-refractivity contribution in [2.75, 3.05) is 5.75 Å². The molecule has 1 N–H and O–H groups in total. The van der Waals surface area contributed by atoms with E-state index in [0.29, 0.717) is 6.07 Å². The van der Waals surface area contributed by atoms with Gasteiger partial charge in [-0.1, -0.05) is 0 Å². The molecule has 0 saturated carbocycles. The fourth-order valence-electron chi connectivity index (χ4n) is 1.79. The molecule has 8 heteroatoms. The van der Waals surface area contributed by atoms with Crippen LogP contribution < -0.4 is 0 Å². The lowest BCUT2D eigenvalue weighted by atomic mass is 10.2. The van der Waals surface area contributed by atoms with Gasteiger partial charge >= 0.3 is 5.97 Å². The van der Waals surface area contributed by atoms with Gasteiger partial charge in [-0.05, 0) is 31.5 Å². The number of hydrogen-bond acceptors (Lipinski definition) is 5. The number of thiazole rings is 1. The molecule has 0 radical (unpaired) electrons. The van der Waals surface area contributed by atoms with Gasteiger partial charge in [0, 0.05) is 4.88 Å². The number of rotatable bonds is 5. The lowest BCUT2D eigenvalue weighted by Crippen LogP contribution is -2.12. The molecule has 1 aromatic carbocycles. The van der Waals surface area contributed by atoms with E-state index in [0.717, 1.165) is 22.7 Å². The van der Waals surface area contributed by atoms with Crippen molar-refractivity contribution in [2.45, 2.75) is 18.2 Å². The van der Waals surface area contributed by atoms with Crippen LogP contribution in [-0.4, -0.2) is 30.2 Å². The molecular weight excluding hydrogens is 317 g/mol.